The molecule has 1 atom stereocenters. The van der Waals surface area contributed by atoms with Crippen molar-refractivity contribution in [3.63, 3.8) is 0 Å². The van der Waals surface area contributed by atoms with Gasteiger partial charge in [0.2, 0.25) is 5.91 Å². The van der Waals surface area contributed by atoms with Gasteiger partial charge in [0, 0.05) is 31.0 Å². The molecule has 1 amide bonds. The fraction of sp³-hybridized carbons (Fsp3) is 0.350. The average Bonchev–Trinajstić information content (AvgIpc) is 3.08. The zero-order chi connectivity index (χ0) is 16.2. The van der Waals surface area contributed by atoms with E-state index in [4.69, 9.17) is 0 Å². The summed E-state index contributed by atoms with van der Waals surface area (Å²) in [7, 11) is 0. The van der Waals surface area contributed by atoms with Crippen molar-refractivity contribution >= 4 is 5.91 Å². The number of amides is 1. The highest BCUT2D eigenvalue weighted by Crippen LogP contribution is 2.35. The summed E-state index contributed by atoms with van der Waals surface area (Å²) in [6.45, 7) is 3.68. The zero-order valence-corrected chi connectivity index (χ0v) is 13.5. The van der Waals surface area contributed by atoms with Crippen LogP contribution >= 0.6 is 0 Å². The fourth-order valence-corrected chi connectivity index (χ4v) is 3.31. The normalized spacial score (nSPS) is 15.6. The Morgan fingerprint density at radius 3 is 2.48 bits per heavy atom. The maximum atomic E-state index is 12.6. The van der Waals surface area contributed by atoms with Gasteiger partial charge in [0.05, 0.1) is 0 Å². The number of carbonyl (C=O) groups excluding carboxylic acids is 1. The van der Waals surface area contributed by atoms with Crippen LogP contribution in [0.2, 0.25) is 0 Å². The molecule has 1 aliphatic rings. The molecule has 0 aliphatic carbocycles. The number of aryl methyl sites for hydroxylation is 1. The van der Waals surface area contributed by atoms with Crippen molar-refractivity contribution in [2.45, 2.75) is 32.1 Å². The number of hydrogen-bond acceptors (Lipinski definition) is 2. The topological polar surface area (TPSA) is 40.5 Å². The van der Waals surface area contributed by atoms with Gasteiger partial charge < -0.3 is 10.0 Å². The molecule has 1 saturated heterocycles. The molecule has 1 fully saturated rings. The summed E-state index contributed by atoms with van der Waals surface area (Å²) in [6.07, 6.45) is 2.59. The number of benzene rings is 2. The Morgan fingerprint density at radius 2 is 1.83 bits per heavy atom. The van der Waals surface area contributed by atoms with Gasteiger partial charge in [-0.2, -0.15) is 0 Å². The van der Waals surface area contributed by atoms with E-state index in [9.17, 15) is 9.90 Å². The highest BCUT2D eigenvalue weighted by atomic mass is 16.3. The third-order valence-electron chi connectivity index (χ3n) is 4.60. The number of phenolic OH excluding ortho intramolecular Hbond substituents is 1. The predicted molar refractivity (Wildman–Crippen MR) is 91.6 cm³/mol. The van der Waals surface area contributed by atoms with Crippen LogP contribution in [0.4, 0.5) is 0 Å². The van der Waals surface area contributed by atoms with E-state index >= 15 is 0 Å². The van der Waals surface area contributed by atoms with Crippen LogP contribution < -0.4 is 0 Å². The smallest absolute Gasteiger partial charge is 0.223 e. The molecule has 1 heterocycles. The van der Waals surface area contributed by atoms with Crippen molar-refractivity contribution < 1.29 is 9.90 Å². The number of rotatable bonds is 4. The van der Waals surface area contributed by atoms with E-state index in [0.29, 0.717) is 6.42 Å². The summed E-state index contributed by atoms with van der Waals surface area (Å²) in [5, 5.41) is 10.4. The fourth-order valence-electron chi connectivity index (χ4n) is 3.31. The second-order valence-corrected chi connectivity index (χ2v) is 6.32. The van der Waals surface area contributed by atoms with E-state index in [1.807, 2.05) is 54.3 Å². The molecule has 1 aliphatic heterocycles. The first-order valence-electron chi connectivity index (χ1n) is 8.27. The lowest BCUT2D eigenvalue weighted by molar-refractivity contribution is -0.130. The van der Waals surface area contributed by atoms with E-state index in [2.05, 4.69) is 0 Å². The standard InChI is InChI=1S/C20H23NO2/c1-15-9-10-17(19(22)13-15)18(16-7-3-2-4-8-16)14-20(23)21-11-5-6-12-21/h2-4,7-10,13,18,22H,5-6,11-12,14H2,1H3/t18-/m0/s1. The van der Waals surface area contributed by atoms with Crippen molar-refractivity contribution in [1.29, 1.82) is 0 Å². The van der Waals surface area contributed by atoms with Gasteiger partial charge in [0.1, 0.15) is 5.75 Å². The van der Waals surface area contributed by atoms with Crippen molar-refractivity contribution in [3.8, 4) is 5.75 Å². The molecule has 2 aromatic rings. The van der Waals surface area contributed by atoms with Crippen LogP contribution in [0.25, 0.3) is 0 Å². The highest BCUT2D eigenvalue weighted by Gasteiger charge is 2.25. The van der Waals surface area contributed by atoms with E-state index < -0.39 is 0 Å². The van der Waals surface area contributed by atoms with Gasteiger partial charge in [-0.05, 0) is 37.0 Å². The molecule has 0 aromatic heterocycles. The van der Waals surface area contributed by atoms with Crippen LogP contribution in [-0.4, -0.2) is 29.0 Å². The molecule has 2 aromatic carbocycles. The van der Waals surface area contributed by atoms with Crippen molar-refractivity contribution in [3.05, 3.63) is 65.2 Å². The Labute approximate surface area is 137 Å². The van der Waals surface area contributed by atoms with Crippen molar-refractivity contribution in [2.75, 3.05) is 13.1 Å². The summed E-state index contributed by atoms with van der Waals surface area (Å²) in [6, 6.07) is 15.7. The van der Waals surface area contributed by atoms with Crippen LogP contribution in [0.3, 0.4) is 0 Å². The molecule has 3 heteroatoms. The maximum Gasteiger partial charge on any atom is 0.223 e. The quantitative estimate of drug-likeness (QED) is 0.932. The Balaban J connectivity index is 1.92. The van der Waals surface area contributed by atoms with Gasteiger partial charge >= 0.3 is 0 Å². The summed E-state index contributed by atoms with van der Waals surface area (Å²) < 4.78 is 0. The lowest BCUT2D eigenvalue weighted by Crippen LogP contribution is -2.29. The number of carbonyl (C=O) groups is 1. The Hall–Kier alpha value is -2.29. The molecule has 3 nitrogen and oxygen atoms in total. The third-order valence-corrected chi connectivity index (χ3v) is 4.60. The number of phenols is 1. The first kappa shape index (κ1) is 15.6. The van der Waals surface area contributed by atoms with Crippen molar-refractivity contribution in [1.82, 2.24) is 4.90 Å². The van der Waals surface area contributed by atoms with Gasteiger partial charge in [-0.1, -0.05) is 42.5 Å². The van der Waals surface area contributed by atoms with Gasteiger partial charge in [0.15, 0.2) is 0 Å². The largest absolute Gasteiger partial charge is 0.508 e. The van der Waals surface area contributed by atoms with Crippen LogP contribution in [0, 0.1) is 6.92 Å². The molecule has 1 N–H and O–H groups in total. The molecule has 3 rings (SSSR count). The van der Waals surface area contributed by atoms with Crippen LogP contribution in [-0.2, 0) is 4.79 Å². The molecule has 0 spiro atoms. The number of aromatic hydroxyl groups is 1. The molecular weight excluding hydrogens is 286 g/mol. The summed E-state index contributed by atoms with van der Waals surface area (Å²) >= 11 is 0. The zero-order valence-electron chi connectivity index (χ0n) is 13.5. The molecule has 0 bridgehead atoms. The van der Waals surface area contributed by atoms with Crippen LogP contribution in [0.5, 0.6) is 5.75 Å². The van der Waals surface area contributed by atoms with E-state index in [1.54, 1.807) is 6.07 Å². The molecule has 0 radical (unpaired) electrons. The molecule has 0 saturated carbocycles. The lowest BCUT2D eigenvalue weighted by Gasteiger charge is -2.22. The number of likely N-dealkylation sites (tertiary alicyclic amines) is 1. The molecule has 0 unspecified atom stereocenters. The predicted octanol–water partition coefficient (Wildman–Crippen LogP) is 3.85. The minimum absolute atomic E-state index is 0.107. The number of hydrogen-bond donors (Lipinski definition) is 1. The summed E-state index contributed by atoms with van der Waals surface area (Å²) in [5.74, 6) is 0.342. The summed E-state index contributed by atoms with van der Waals surface area (Å²) in [4.78, 5) is 14.6. The third kappa shape index (κ3) is 3.55. The minimum Gasteiger partial charge on any atom is -0.508 e. The Kier molecular flexibility index (Phi) is 4.65. The van der Waals surface area contributed by atoms with E-state index in [0.717, 1.165) is 42.6 Å². The van der Waals surface area contributed by atoms with Crippen molar-refractivity contribution in [2.24, 2.45) is 0 Å². The van der Waals surface area contributed by atoms with Gasteiger partial charge in [-0.15, -0.1) is 0 Å². The van der Waals surface area contributed by atoms with E-state index in [1.165, 1.54) is 0 Å². The van der Waals surface area contributed by atoms with Crippen LogP contribution in [0.1, 0.15) is 41.9 Å². The first-order valence-corrected chi connectivity index (χ1v) is 8.27. The maximum absolute atomic E-state index is 12.6. The molecule has 23 heavy (non-hydrogen) atoms. The van der Waals surface area contributed by atoms with Gasteiger partial charge in [-0.3, -0.25) is 4.79 Å². The highest BCUT2D eigenvalue weighted by molar-refractivity contribution is 5.78. The first-order chi connectivity index (χ1) is 11.1. The lowest BCUT2D eigenvalue weighted by atomic mass is 9.87. The monoisotopic (exact) mass is 309 g/mol. The average molecular weight is 309 g/mol. The molecular formula is C20H23NO2. The molecule has 120 valence electrons. The van der Waals surface area contributed by atoms with Gasteiger partial charge in [-0.25, -0.2) is 0 Å². The SMILES string of the molecule is Cc1ccc([C@@H](CC(=O)N2CCCC2)c2ccccc2)c(O)c1. The minimum atomic E-state index is -0.107. The summed E-state index contributed by atoms with van der Waals surface area (Å²) in [5.41, 5.74) is 2.91. The Morgan fingerprint density at radius 1 is 1.13 bits per heavy atom. The van der Waals surface area contributed by atoms with Crippen LogP contribution in [0.15, 0.2) is 48.5 Å². The number of nitrogens with zero attached hydrogens (tertiary/aromatic N) is 1. The second-order valence-electron chi connectivity index (χ2n) is 6.32. The van der Waals surface area contributed by atoms with E-state index in [-0.39, 0.29) is 17.6 Å². The van der Waals surface area contributed by atoms with Gasteiger partial charge in [0.25, 0.3) is 0 Å². The Bertz CT molecular complexity index is 675. The second kappa shape index (κ2) is 6.86.